The molecule has 0 aromatic rings. The number of carbonyl (C=O) groups is 3. The number of hydrogen-bond donors (Lipinski definition) is 1. The molecule has 0 aliphatic heterocycles. The summed E-state index contributed by atoms with van der Waals surface area (Å²) in [7, 11) is 5.97. The second-order valence-corrected chi connectivity index (χ2v) is 22.7. The van der Waals surface area contributed by atoms with Crippen LogP contribution in [-0.4, -0.2) is 87.4 Å². The first kappa shape index (κ1) is 76.0. The first-order chi connectivity index (χ1) is 39.1. The normalized spacial score (nSPS) is 13.5. The molecule has 2 atom stereocenters. The molecule has 0 saturated heterocycles. The second-order valence-electron chi connectivity index (χ2n) is 22.7. The van der Waals surface area contributed by atoms with Gasteiger partial charge in [0.1, 0.15) is 13.2 Å². The summed E-state index contributed by atoms with van der Waals surface area (Å²) in [6, 6.07) is 0. The highest BCUT2D eigenvalue weighted by molar-refractivity contribution is 5.71. The van der Waals surface area contributed by atoms with Crippen LogP contribution in [0.25, 0.3) is 0 Å². The number of ether oxygens (including phenoxy) is 4. The number of carboxylic acid groups (broad SMARTS) is 1. The summed E-state index contributed by atoms with van der Waals surface area (Å²) in [5.41, 5.74) is 0. The molecule has 0 spiro atoms. The number of quaternary nitrogens is 1. The van der Waals surface area contributed by atoms with Crippen molar-refractivity contribution in [1.82, 2.24) is 0 Å². The van der Waals surface area contributed by atoms with Crippen molar-refractivity contribution in [2.75, 3.05) is 47.5 Å². The highest BCUT2D eigenvalue weighted by atomic mass is 16.7. The number of carboxylic acids is 1. The fraction of sp³-hybridized carbons (Fsp3) is 0.704. The molecule has 0 aliphatic carbocycles. The van der Waals surface area contributed by atoms with Gasteiger partial charge in [-0.25, -0.2) is 4.79 Å². The Morgan fingerprint density at radius 1 is 0.388 bits per heavy atom. The van der Waals surface area contributed by atoms with E-state index in [-0.39, 0.29) is 32.2 Å². The molecule has 0 saturated carbocycles. The Hall–Kier alpha value is -4.05. The van der Waals surface area contributed by atoms with Crippen LogP contribution in [-0.2, 0) is 33.3 Å². The number of aliphatic carboxylic acids is 1. The average molecular weight is 1120 g/mol. The number of hydrogen-bond acceptors (Lipinski definition) is 7. The molecule has 0 amide bonds. The summed E-state index contributed by atoms with van der Waals surface area (Å²) in [5.74, 6) is -2.01. The summed E-state index contributed by atoms with van der Waals surface area (Å²) >= 11 is 0. The van der Waals surface area contributed by atoms with Crippen LogP contribution < -0.4 is 0 Å². The molecule has 0 aromatic carbocycles. The summed E-state index contributed by atoms with van der Waals surface area (Å²) in [5, 5.41) is 9.71. The van der Waals surface area contributed by atoms with E-state index in [4.69, 9.17) is 18.9 Å². The van der Waals surface area contributed by atoms with E-state index in [1.165, 1.54) is 128 Å². The van der Waals surface area contributed by atoms with Gasteiger partial charge in [-0.05, 0) is 103 Å². The topological polar surface area (TPSA) is 108 Å². The first-order valence-electron chi connectivity index (χ1n) is 32.6. The maximum absolute atomic E-state index is 12.9. The third-order valence-corrected chi connectivity index (χ3v) is 13.8. The van der Waals surface area contributed by atoms with E-state index in [1.54, 1.807) is 0 Å². The molecule has 80 heavy (non-hydrogen) atoms. The minimum atomic E-state index is -1.51. The molecule has 9 heteroatoms. The SMILES string of the molecule is CC/C=C\C/C=C\C/C=C\C/C=C\C/C=C\C/C=C\C/C=C\C/C=C\CCCCCCCCCCCCCCCCCCC(=O)OC(COC(=O)CCCCCCC/C=C\CCCCCCC)COC(OCC[N+](C)(C)C)C(=O)O. The lowest BCUT2D eigenvalue weighted by Crippen LogP contribution is -2.40. The molecular weight excluding hydrogens is 995 g/mol. The largest absolute Gasteiger partial charge is 0.477 e. The van der Waals surface area contributed by atoms with Crippen LogP contribution in [0.5, 0.6) is 0 Å². The molecule has 0 radical (unpaired) electrons. The lowest BCUT2D eigenvalue weighted by atomic mass is 10.0. The van der Waals surface area contributed by atoms with E-state index in [1.807, 2.05) is 21.1 Å². The van der Waals surface area contributed by atoms with E-state index in [2.05, 4.69) is 123 Å². The van der Waals surface area contributed by atoms with Crippen LogP contribution in [0.2, 0.25) is 0 Å². The Labute approximate surface area is 492 Å². The maximum Gasteiger partial charge on any atom is 0.361 e. The Morgan fingerprint density at radius 2 is 0.713 bits per heavy atom. The van der Waals surface area contributed by atoms with Crippen LogP contribution in [0.3, 0.4) is 0 Å². The molecule has 458 valence electrons. The lowest BCUT2D eigenvalue weighted by molar-refractivity contribution is -0.870. The van der Waals surface area contributed by atoms with Crippen molar-refractivity contribution < 1.29 is 42.9 Å². The standard InChI is InChI=1S/C71H121NO8/c1-6-8-10-12-14-16-18-20-22-23-24-25-26-27-28-29-30-31-32-33-34-35-36-37-38-39-40-41-42-43-44-45-46-47-48-50-52-54-56-58-60-62-69(74)80-67(66-79-71(70(75)76)77-64-63-72(3,4)5)65-78-68(73)61-59-57-55-53-51-49-21-19-17-15-13-11-9-7-2/h8,10,14,16,19-22,24-25,27-28,30-31,33-34,36-37,67,71H,6-7,9,11-13,15,17-18,23,26,29,32,35,38-66H2,1-5H3/p+1/b10-8-,16-14-,21-19-,22-20-,25-24-,28-27-,31-30-,34-33-,37-36-. The minimum Gasteiger partial charge on any atom is -0.477 e. The number of unbranched alkanes of at least 4 members (excludes halogenated alkanes) is 26. The highest BCUT2D eigenvalue weighted by Gasteiger charge is 2.25. The zero-order valence-corrected chi connectivity index (χ0v) is 52.2. The summed E-state index contributed by atoms with van der Waals surface area (Å²) < 4.78 is 22.9. The van der Waals surface area contributed by atoms with Crippen LogP contribution in [0.15, 0.2) is 109 Å². The summed E-state index contributed by atoms with van der Waals surface area (Å²) in [6.07, 6.45) is 82.0. The van der Waals surface area contributed by atoms with Crippen molar-refractivity contribution in [3.63, 3.8) is 0 Å². The summed E-state index contributed by atoms with van der Waals surface area (Å²) in [4.78, 5) is 37.4. The quantitative estimate of drug-likeness (QED) is 0.0211. The number of esters is 2. The molecule has 0 rings (SSSR count). The average Bonchev–Trinajstić information content (AvgIpc) is 3.43. The van der Waals surface area contributed by atoms with Gasteiger partial charge in [-0.3, -0.25) is 9.59 Å². The molecule has 0 bridgehead atoms. The van der Waals surface area contributed by atoms with Gasteiger partial charge in [0.25, 0.3) is 6.29 Å². The number of rotatable bonds is 59. The van der Waals surface area contributed by atoms with Gasteiger partial charge in [0, 0.05) is 12.8 Å². The zero-order valence-electron chi connectivity index (χ0n) is 52.2. The highest BCUT2D eigenvalue weighted by Crippen LogP contribution is 2.16. The molecule has 1 N–H and O–H groups in total. The van der Waals surface area contributed by atoms with E-state index in [9.17, 15) is 19.5 Å². The Bertz CT molecular complexity index is 1680. The zero-order chi connectivity index (χ0) is 58.3. The molecule has 9 nitrogen and oxygen atoms in total. The van der Waals surface area contributed by atoms with Gasteiger partial charge >= 0.3 is 17.9 Å². The van der Waals surface area contributed by atoms with E-state index >= 15 is 0 Å². The van der Waals surface area contributed by atoms with Crippen molar-refractivity contribution in [3.05, 3.63) is 109 Å². The fourth-order valence-electron chi connectivity index (χ4n) is 8.79. The smallest absolute Gasteiger partial charge is 0.361 e. The number of likely N-dealkylation sites (N-methyl/N-ethyl adjacent to an activating group) is 1. The van der Waals surface area contributed by atoms with E-state index < -0.39 is 24.3 Å². The van der Waals surface area contributed by atoms with Gasteiger partial charge in [0.05, 0.1) is 34.4 Å². The molecule has 0 aromatic heterocycles. The maximum atomic E-state index is 12.9. The Kier molecular flexibility index (Phi) is 57.9. The van der Waals surface area contributed by atoms with Gasteiger partial charge in [0.2, 0.25) is 0 Å². The Morgan fingerprint density at radius 3 is 1.07 bits per heavy atom. The van der Waals surface area contributed by atoms with Crippen molar-refractivity contribution >= 4 is 17.9 Å². The van der Waals surface area contributed by atoms with Gasteiger partial charge in [-0.15, -0.1) is 0 Å². The van der Waals surface area contributed by atoms with Gasteiger partial charge in [0.15, 0.2) is 6.10 Å². The number of carbonyl (C=O) groups excluding carboxylic acids is 2. The molecule has 0 heterocycles. The van der Waals surface area contributed by atoms with E-state index in [0.717, 1.165) is 109 Å². The van der Waals surface area contributed by atoms with Crippen LogP contribution in [0, 0.1) is 0 Å². The molecule has 0 aliphatic rings. The lowest BCUT2D eigenvalue weighted by Gasteiger charge is -2.25. The van der Waals surface area contributed by atoms with Crippen LogP contribution in [0.1, 0.15) is 264 Å². The fourth-order valence-corrected chi connectivity index (χ4v) is 8.79. The van der Waals surface area contributed by atoms with E-state index in [0.29, 0.717) is 17.4 Å². The van der Waals surface area contributed by atoms with Crippen molar-refractivity contribution in [2.45, 2.75) is 277 Å². The van der Waals surface area contributed by atoms with Gasteiger partial charge in [-0.2, -0.15) is 0 Å². The van der Waals surface area contributed by atoms with Crippen LogP contribution in [0.4, 0.5) is 0 Å². The predicted molar refractivity (Wildman–Crippen MR) is 341 cm³/mol. The summed E-state index contributed by atoms with van der Waals surface area (Å²) in [6.45, 7) is 4.75. The van der Waals surface area contributed by atoms with Crippen molar-refractivity contribution in [2.24, 2.45) is 0 Å². The molecule has 2 unspecified atom stereocenters. The minimum absolute atomic E-state index is 0.184. The monoisotopic (exact) mass is 1120 g/mol. The van der Waals surface area contributed by atoms with Crippen LogP contribution >= 0.6 is 0 Å². The third-order valence-electron chi connectivity index (χ3n) is 13.8. The number of allylic oxidation sites excluding steroid dienone is 18. The molecule has 0 fully saturated rings. The molecular formula is C71H122NO8+. The first-order valence-corrected chi connectivity index (χ1v) is 32.6. The second kappa shape index (κ2) is 61.0. The van der Waals surface area contributed by atoms with Gasteiger partial charge < -0.3 is 28.5 Å². The van der Waals surface area contributed by atoms with Crippen molar-refractivity contribution in [1.29, 1.82) is 0 Å². The van der Waals surface area contributed by atoms with Crippen molar-refractivity contribution in [3.8, 4) is 0 Å². The third kappa shape index (κ3) is 61.6. The Balaban J connectivity index is 4.03. The predicted octanol–water partition coefficient (Wildman–Crippen LogP) is 19.9. The van der Waals surface area contributed by atoms with Gasteiger partial charge in [-0.1, -0.05) is 258 Å². The number of nitrogens with zero attached hydrogens (tertiary/aromatic N) is 1.